The first-order valence-corrected chi connectivity index (χ1v) is 7.49. The maximum Gasteiger partial charge on any atom is 0.254 e. The number of carbonyl (C=O) groups is 1. The van der Waals surface area contributed by atoms with E-state index < -0.39 is 5.82 Å². The van der Waals surface area contributed by atoms with Gasteiger partial charge in [0, 0.05) is 18.7 Å². The van der Waals surface area contributed by atoms with Crippen LogP contribution in [0.1, 0.15) is 22.1 Å². The van der Waals surface area contributed by atoms with Crippen LogP contribution in [0, 0.1) is 5.82 Å². The zero-order valence-corrected chi connectivity index (χ0v) is 12.7. The van der Waals surface area contributed by atoms with Crippen LogP contribution >= 0.6 is 0 Å². The fourth-order valence-corrected chi connectivity index (χ4v) is 2.63. The lowest BCUT2D eigenvalue weighted by Crippen LogP contribution is -2.50. The van der Waals surface area contributed by atoms with Gasteiger partial charge in [-0.1, -0.05) is 11.3 Å². The summed E-state index contributed by atoms with van der Waals surface area (Å²) in [6.45, 7) is 1.50. The van der Waals surface area contributed by atoms with Crippen LogP contribution in [0.5, 0.6) is 0 Å². The second-order valence-corrected chi connectivity index (χ2v) is 5.62. The van der Waals surface area contributed by atoms with Crippen molar-refractivity contribution in [1.82, 2.24) is 34.9 Å². The van der Waals surface area contributed by atoms with E-state index in [4.69, 9.17) is 0 Å². The minimum absolute atomic E-state index is 0.0781. The van der Waals surface area contributed by atoms with Crippen molar-refractivity contribution >= 4 is 5.91 Å². The Morgan fingerprint density at radius 3 is 2.79 bits per heavy atom. The van der Waals surface area contributed by atoms with Gasteiger partial charge >= 0.3 is 0 Å². The molecule has 0 unspecified atom stereocenters. The third-order valence-corrected chi connectivity index (χ3v) is 3.92. The van der Waals surface area contributed by atoms with Gasteiger partial charge in [-0.3, -0.25) is 4.79 Å². The van der Waals surface area contributed by atoms with E-state index in [-0.39, 0.29) is 11.9 Å². The predicted molar refractivity (Wildman–Crippen MR) is 80.5 cm³/mol. The minimum Gasteiger partial charge on any atom is -0.334 e. The molecule has 0 N–H and O–H groups in total. The molecule has 1 amide bonds. The Morgan fingerprint density at radius 2 is 2.04 bits per heavy atom. The van der Waals surface area contributed by atoms with Crippen molar-refractivity contribution in [1.29, 1.82) is 0 Å². The molecule has 0 saturated carbocycles. The molecule has 0 bridgehead atoms. The Kier molecular flexibility index (Phi) is 3.52. The summed E-state index contributed by atoms with van der Waals surface area (Å²) in [6, 6.07) is 5.80. The van der Waals surface area contributed by atoms with Crippen LogP contribution < -0.4 is 0 Å². The number of benzene rings is 1. The van der Waals surface area contributed by atoms with Gasteiger partial charge in [-0.05, 0) is 18.2 Å². The van der Waals surface area contributed by atoms with Gasteiger partial charge in [0.15, 0.2) is 0 Å². The summed E-state index contributed by atoms with van der Waals surface area (Å²) in [4.78, 5) is 15.5. The summed E-state index contributed by atoms with van der Waals surface area (Å²) in [5.74, 6) is -0.585. The fraction of sp³-hybridized carbons (Fsp3) is 0.267. The number of hydrogen-bond acceptors (Lipinski definition) is 5. The molecule has 0 atom stereocenters. The van der Waals surface area contributed by atoms with Crippen molar-refractivity contribution in [2.75, 3.05) is 13.1 Å². The van der Waals surface area contributed by atoms with E-state index in [9.17, 15) is 9.18 Å². The van der Waals surface area contributed by atoms with E-state index >= 15 is 0 Å². The number of aromatic nitrogens is 6. The Labute approximate surface area is 136 Å². The van der Waals surface area contributed by atoms with Gasteiger partial charge < -0.3 is 4.90 Å². The van der Waals surface area contributed by atoms with Gasteiger partial charge in [0.05, 0.1) is 24.6 Å². The van der Waals surface area contributed by atoms with E-state index in [1.54, 1.807) is 28.0 Å². The summed E-state index contributed by atoms with van der Waals surface area (Å²) >= 11 is 0. The number of likely N-dealkylation sites (tertiary alicyclic amines) is 1. The third kappa shape index (κ3) is 2.75. The molecule has 1 aliphatic heterocycles. The monoisotopic (exact) mass is 327 g/mol. The Balaban J connectivity index is 1.37. The van der Waals surface area contributed by atoms with Crippen molar-refractivity contribution in [2.45, 2.75) is 12.6 Å². The zero-order chi connectivity index (χ0) is 16.5. The number of halogens is 1. The van der Waals surface area contributed by atoms with E-state index in [0.717, 1.165) is 5.69 Å². The van der Waals surface area contributed by atoms with E-state index in [0.29, 0.717) is 25.2 Å². The van der Waals surface area contributed by atoms with Gasteiger partial charge in [-0.2, -0.15) is 15.0 Å². The Hall–Kier alpha value is -3.10. The van der Waals surface area contributed by atoms with Crippen LogP contribution in [0.4, 0.5) is 4.39 Å². The molecular formula is C15H14FN7O. The van der Waals surface area contributed by atoms with Crippen LogP contribution in [0.15, 0.2) is 42.9 Å². The SMILES string of the molecule is O=C(c1cccc(F)c1)N1CC(n2cc(Cn3nccn3)nn2)C1. The molecule has 1 aromatic carbocycles. The lowest BCUT2D eigenvalue weighted by Gasteiger charge is -2.38. The summed E-state index contributed by atoms with van der Waals surface area (Å²) in [5, 5.41) is 16.2. The standard InChI is InChI=1S/C15H14FN7O/c16-12-3-1-2-11(6-12)15(24)21-9-14(10-21)22-7-13(19-20-22)8-23-17-4-5-18-23/h1-7,14H,8-10H2. The molecule has 1 aliphatic rings. The molecule has 2 aromatic heterocycles. The van der Waals surface area contributed by atoms with Gasteiger partial charge in [-0.15, -0.1) is 5.10 Å². The highest BCUT2D eigenvalue weighted by atomic mass is 19.1. The number of carbonyl (C=O) groups excluding carboxylic acids is 1. The van der Waals surface area contributed by atoms with Gasteiger partial charge in [0.1, 0.15) is 18.1 Å². The number of amides is 1. The second kappa shape index (κ2) is 5.84. The first kappa shape index (κ1) is 14.5. The molecular weight excluding hydrogens is 313 g/mol. The highest BCUT2D eigenvalue weighted by Gasteiger charge is 2.33. The van der Waals surface area contributed by atoms with E-state index in [2.05, 4.69) is 20.5 Å². The normalized spacial score (nSPS) is 14.6. The topological polar surface area (TPSA) is 81.7 Å². The Morgan fingerprint density at radius 1 is 1.25 bits per heavy atom. The largest absolute Gasteiger partial charge is 0.334 e. The quantitative estimate of drug-likeness (QED) is 0.706. The third-order valence-electron chi connectivity index (χ3n) is 3.92. The van der Waals surface area contributed by atoms with Crippen molar-refractivity contribution in [3.8, 4) is 0 Å². The van der Waals surface area contributed by atoms with Crippen LogP contribution in [-0.2, 0) is 6.54 Å². The van der Waals surface area contributed by atoms with Crippen molar-refractivity contribution in [3.63, 3.8) is 0 Å². The average molecular weight is 327 g/mol. The number of rotatable bonds is 4. The zero-order valence-electron chi connectivity index (χ0n) is 12.7. The maximum atomic E-state index is 13.2. The summed E-state index contributed by atoms with van der Waals surface area (Å²) < 4.78 is 15.0. The Bertz CT molecular complexity index is 854. The minimum atomic E-state index is -0.411. The molecule has 1 saturated heterocycles. The molecule has 0 aliphatic carbocycles. The molecule has 0 spiro atoms. The maximum absolute atomic E-state index is 13.2. The van der Waals surface area contributed by atoms with Crippen LogP contribution in [0.3, 0.4) is 0 Å². The van der Waals surface area contributed by atoms with Crippen molar-refractivity contribution < 1.29 is 9.18 Å². The van der Waals surface area contributed by atoms with E-state index in [1.807, 2.05) is 6.20 Å². The average Bonchev–Trinajstić information content (AvgIpc) is 3.18. The molecule has 1 fully saturated rings. The van der Waals surface area contributed by atoms with Crippen molar-refractivity contribution in [2.24, 2.45) is 0 Å². The van der Waals surface area contributed by atoms with Gasteiger partial charge in [-0.25, -0.2) is 9.07 Å². The summed E-state index contributed by atoms with van der Waals surface area (Å²) in [7, 11) is 0. The highest BCUT2D eigenvalue weighted by Crippen LogP contribution is 2.22. The summed E-state index contributed by atoms with van der Waals surface area (Å²) in [6.07, 6.45) is 5.04. The number of hydrogen-bond donors (Lipinski definition) is 0. The molecule has 0 radical (unpaired) electrons. The van der Waals surface area contributed by atoms with Gasteiger partial charge in [0.25, 0.3) is 5.91 Å². The molecule has 8 nitrogen and oxygen atoms in total. The van der Waals surface area contributed by atoms with E-state index in [1.165, 1.54) is 23.0 Å². The molecule has 4 rings (SSSR count). The fourth-order valence-electron chi connectivity index (χ4n) is 2.63. The highest BCUT2D eigenvalue weighted by molar-refractivity contribution is 5.94. The number of nitrogens with zero attached hydrogens (tertiary/aromatic N) is 7. The molecule has 24 heavy (non-hydrogen) atoms. The van der Waals surface area contributed by atoms with Crippen LogP contribution in [-0.4, -0.2) is 53.9 Å². The molecule has 3 aromatic rings. The first-order chi connectivity index (χ1) is 11.7. The van der Waals surface area contributed by atoms with Gasteiger partial charge in [0.2, 0.25) is 0 Å². The van der Waals surface area contributed by atoms with Crippen molar-refractivity contribution in [3.05, 3.63) is 59.9 Å². The first-order valence-electron chi connectivity index (χ1n) is 7.49. The van der Waals surface area contributed by atoms with Crippen LogP contribution in [0.2, 0.25) is 0 Å². The predicted octanol–water partition coefficient (Wildman–Crippen LogP) is 0.754. The molecule has 3 heterocycles. The van der Waals surface area contributed by atoms with Crippen LogP contribution in [0.25, 0.3) is 0 Å². The lowest BCUT2D eigenvalue weighted by molar-refractivity contribution is 0.0498. The smallest absolute Gasteiger partial charge is 0.254 e. The summed E-state index contributed by atoms with van der Waals surface area (Å²) in [5.41, 5.74) is 1.11. The molecule has 9 heteroatoms. The molecule has 122 valence electrons. The second-order valence-electron chi connectivity index (χ2n) is 5.62. The lowest BCUT2D eigenvalue weighted by atomic mass is 10.1.